The van der Waals surface area contributed by atoms with Gasteiger partial charge in [-0.05, 0) is 5.56 Å². The summed E-state index contributed by atoms with van der Waals surface area (Å²) >= 11 is 0. The first-order valence-corrected chi connectivity index (χ1v) is 6.31. The minimum atomic E-state index is -0.877. The summed E-state index contributed by atoms with van der Waals surface area (Å²) in [7, 11) is 0. The van der Waals surface area contributed by atoms with Gasteiger partial charge in [-0.1, -0.05) is 30.3 Å². The molecule has 0 saturated carbocycles. The van der Waals surface area contributed by atoms with Gasteiger partial charge in [0.15, 0.2) is 0 Å². The van der Waals surface area contributed by atoms with Gasteiger partial charge in [-0.25, -0.2) is 9.18 Å². The maximum absolute atomic E-state index is 12.0. The van der Waals surface area contributed by atoms with Crippen LogP contribution in [0.1, 0.15) is 12.0 Å². The highest BCUT2D eigenvalue weighted by molar-refractivity contribution is 5.75. The molecule has 1 N–H and O–H groups in total. The number of nitrogens with zero attached hydrogens (tertiary/aromatic N) is 2. The number of urea groups is 1. The summed E-state index contributed by atoms with van der Waals surface area (Å²) in [6.45, 7) is -1.17. The van der Waals surface area contributed by atoms with Crippen molar-refractivity contribution in [1.82, 2.24) is 10.3 Å². The number of nitroso groups, excluding NO2 is 1. The second-order valence-electron chi connectivity index (χ2n) is 4.02. The van der Waals surface area contributed by atoms with Crippen molar-refractivity contribution in [2.75, 3.05) is 19.8 Å². The molecule has 0 aliphatic rings. The Morgan fingerprint density at radius 1 is 1.29 bits per heavy atom. The summed E-state index contributed by atoms with van der Waals surface area (Å²) in [6, 6.07) is 8.30. The first-order valence-electron chi connectivity index (χ1n) is 6.31. The topological polar surface area (TPSA) is 88.1 Å². The number of ether oxygens (including phenoxy) is 1. The smallest absolute Gasteiger partial charge is 0.340 e. The standard InChI is InChI=1S/C13H16FN3O4/c14-7-9-17(16-20)13(19)15-8-6-12(18)21-10-11-4-2-1-3-5-11/h1-5H,6-10H2,(H,15,19). The molecule has 0 atom stereocenters. The average molecular weight is 297 g/mol. The Balaban J connectivity index is 2.21. The third-order valence-corrected chi connectivity index (χ3v) is 2.48. The van der Waals surface area contributed by atoms with Crippen molar-refractivity contribution < 1.29 is 18.7 Å². The molecule has 1 rings (SSSR count). The largest absolute Gasteiger partial charge is 0.461 e. The second kappa shape index (κ2) is 9.40. The molecule has 0 heterocycles. The molecule has 0 radical (unpaired) electrons. The number of halogens is 1. The molecule has 0 spiro atoms. The monoisotopic (exact) mass is 297 g/mol. The van der Waals surface area contributed by atoms with Gasteiger partial charge in [0.1, 0.15) is 13.3 Å². The van der Waals surface area contributed by atoms with Crippen LogP contribution in [0, 0.1) is 4.91 Å². The molecular formula is C13H16FN3O4. The van der Waals surface area contributed by atoms with Crippen LogP contribution in [0.4, 0.5) is 9.18 Å². The molecule has 0 aromatic heterocycles. The molecule has 8 heteroatoms. The summed E-state index contributed by atoms with van der Waals surface area (Å²) in [4.78, 5) is 33.0. The van der Waals surface area contributed by atoms with Gasteiger partial charge in [-0.2, -0.15) is 5.01 Å². The second-order valence-corrected chi connectivity index (χ2v) is 4.02. The first-order chi connectivity index (χ1) is 10.2. The number of alkyl halides is 1. The van der Waals surface area contributed by atoms with E-state index in [1.54, 1.807) is 0 Å². The minimum absolute atomic E-state index is 0.0231. The number of rotatable bonds is 8. The van der Waals surface area contributed by atoms with Crippen molar-refractivity contribution in [3.63, 3.8) is 0 Å². The van der Waals surface area contributed by atoms with E-state index >= 15 is 0 Å². The summed E-state index contributed by atoms with van der Waals surface area (Å²) in [5.41, 5.74) is 0.856. The highest BCUT2D eigenvalue weighted by Crippen LogP contribution is 2.01. The molecule has 0 bridgehead atoms. The number of carbonyl (C=O) groups excluding carboxylic acids is 2. The number of benzene rings is 1. The van der Waals surface area contributed by atoms with E-state index in [4.69, 9.17) is 4.74 Å². The number of hydrogen-bond donors (Lipinski definition) is 1. The Morgan fingerprint density at radius 2 is 2.00 bits per heavy atom. The number of nitrogens with one attached hydrogen (secondary N) is 1. The van der Waals surface area contributed by atoms with Crippen LogP contribution < -0.4 is 5.32 Å². The minimum Gasteiger partial charge on any atom is -0.461 e. The van der Waals surface area contributed by atoms with Crippen LogP contribution in [0.5, 0.6) is 0 Å². The summed E-state index contributed by atoms with van der Waals surface area (Å²) in [5.74, 6) is -0.491. The van der Waals surface area contributed by atoms with Gasteiger partial charge in [0.05, 0.1) is 18.3 Å². The van der Waals surface area contributed by atoms with E-state index in [1.807, 2.05) is 30.3 Å². The molecule has 7 nitrogen and oxygen atoms in total. The predicted octanol–water partition coefficient (Wildman–Crippen LogP) is 1.78. The van der Waals surface area contributed by atoms with E-state index in [0.717, 1.165) is 5.56 Å². The Labute approximate surface area is 121 Å². The van der Waals surface area contributed by atoms with Crippen LogP contribution in [0.25, 0.3) is 0 Å². The van der Waals surface area contributed by atoms with Gasteiger partial charge in [0.25, 0.3) is 0 Å². The summed E-state index contributed by atoms with van der Waals surface area (Å²) < 4.78 is 17.0. The highest BCUT2D eigenvalue weighted by atomic mass is 19.1. The fourth-order valence-electron chi connectivity index (χ4n) is 1.43. The van der Waals surface area contributed by atoms with Gasteiger partial charge in [0.2, 0.25) is 0 Å². The van der Waals surface area contributed by atoms with Crippen LogP contribution in [-0.4, -0.2) is 36.8 Å². The molecule has 0 aliphatic heterocycles. The zero-order chi connectivity index (χ0) is 15.5. The molecular weight excluding hydrogens is 281 g/mol. The third-order valence-electron chi connectivity index (χ3n) is 2.48. The fourth-order valence-corrected chi connectivity index (χ4v) is 1.43. The lowest BCUT2D eigenvalue weighted by Gasteiger charge is -2.12. The van der Waals surface area contributed by atoms with Crippen molar-refractivity contribution in [2.45, 2.75) is 13.0 Å². The zero-order valence-corrected chi connectivity index (χ0v) is 11.3. The average Bonchev–Trinajstić information content (AvgIpc) is 2.51. The van der Waals surface area contributed by atoms with Gasteiger partial charge < -0.3 is 10.1 Å². The molecule has 21 heavy (non-hydrogen) atoms. The Morgan fingerprint density at radius 3 is 2.62 bits per heavy atom. The first kappa shape index (κ1) is 16.5. The molecule has 0 fully saturated rings. The Bertz CT molecular complexity index is 470. The van der Waals surface area contributed by atoms with Crippen LogP contribution in [0.15, 0.2) is 35.6 Å². The summed E-state index contributed by atoms with van der Waals surface area (Å²) in [5, 5.41) is 5.05. The highest BCUT2D eigenvalue weighted by Gasteiger charge is 2.13. The van der Waals surface area contributed by atoms with Crippen molar-refractivity contribution in [2.24, 2.45) is 5.29 Å². The normalized spacial score (nSPS) is 9.76. The number of esters is 1. The van der Waals surface area contributed by atoms with Gasteiger partial charge in [0, 0.05) is 6.54 Å². The Hall–Kier alpha value is -2.51. The zero-order valence-electron chi connectivity index (χ0n) is 11.3. The third kappa shape index (κ3) is 6.46. The predicted molar refractivity (Wildman–Crippen MR) is 72.7 cm³/mol. The molecule has 2 amide bonds. The maximum Gasteiger partial charge on any atom is 0.340 e. The van der Waals surface area contributed by atoms with E-state index in [2.05, 4.69) is 10.6 Å². The van der Waals surface area contributed by atoms with Gasteiger partial charge in [-0.3, -0.25) is 4.79 Å². The number of carbonyl (C=O) groups is 2. The fraction of sp³-hybridized carbons (Fsp3) is 0.385. The van der Waals surface area contributed by atoms with Crippen LogP contribution in [0.3, 0.4) is 0 Å². The van der Waals surface area contributed by atoms with Crippen LogP contribution in [-0.2, 0) is 16.1 Å². The van der Waals surface area contributed by atoms with Gasteiger partial charge in [-0.15, -0.1) is 4.91 Å². The van der Waals surface area contributed by atoms with Crippen molar-refractivity contribution in [3.05, 3.63) is 40.8 Å². The molecule has 0 unspecified atom stereocenters. The molecule has 0 aliphatic carbocycles. The van der Waals surface area contributed by atoms with Crippen molar-refractivity contribution >= 4 is 12.0 Å². The van der Waals surface area contributed by atoms with E-state index in [-0.39, 0.29) is 19.6 Å². The maximum atomic E-state index is 12.0. The van der Waals surface area contributed by atoms with E-state index in [1.165, 1.54) is 0 Å². The lowest BCUT2D eigenvalue weighted by molar-refractivity contribution is -0.144. The van der Waals surface area contributed by atoms with Crippen LogP contribution in [0.2, 0.25) is 0 Å². The summed E-state index contributed by atoms with van der Waals surface area (Å²) in [6.07, 6.45) is -0.0547. The Kier molecular flexibility index (Phi) is 7.41. The quantitative estimate of drug-likeness (QED) is 0.450. The van der Waals surface area contributed by atoms with Gasteiger partial charge >= 0.3 is 12.0 Å². The van der Waals surface area contributed by atoms with E-state index in [0.29, 0.717) is 5.01 Å². The lowest BCUT2D eigenvalue weighted by Crippen LogP contribution is -2.38. The molecule has 1 aromatic carbocycles. The van der Waals surface area contributed by atoms with Crippen molar-refractivity contribution in [1.29, 1.82) is 0 Å². The number of amides is 2. The number of hydrogen-bond acceptors (Lipinski definition) is 5. The molecule has 0 saturated heterocycles. The molecule has 114 valence electrons. The van der Waals surface area contributed by atoms with E-state index < -0.39 is 25.2 Å². The van der Waals surface area contributed by atoms with Crippen LogP contribution >= 0.6 is 0 Å². The lowest BCUT2D eigenvalue weighted by atomic mass is 10.2. The van der Waals surface area contributed by atoms with E-state index in [9.17, 15) is 18.9 Å². The SMILES string of the molecule is O=NN(CCF)C(=O)NCCC(=O)OCc1ccccc1. The van der Waals surface area contributed by atoms with Crippen molar-refractivity contribution in [3.8, 4) is 0 Å². The molecule has 1 aromatic rings.